The number of nitrogen functional groups attached to an aromatic ring is 1. The van der Waals surface area contributed by atoms with Crippen LogP contribution >= 0.6 is 0 Å². The molecule has 2 rings (SSSR count). The molecule has 0 saturated carbocycles. The van der Waals surface area contributed by atoms with Gasteiger partial charge in [0.25, 0.3) is 0 Å². The molecule has 0 bridgehead atoms. The molecule has 3 nitrogen and oxygen atoms in total. The molecule has 0 saturated heterocycles. The van der Waals surface area contributed by atoms with Crippen LogP contribution in [0.4, 0.5) is 23.4 Å². The van der Waals surface area contributed by atoms with Crippen molar-refractivity contribution in [3.63, 3.8) is 0 Å². The number of benzene rings is 1. The normalized spacial score (nSPS) is 12.3. The minimum Gasteiger partial charge on any atom is -0.367 e. The number of nitrogens with two attached hydrogens (primary N) is 1. The third-order valence-electron chi connectivity index (χ3n) is 1.92. The monoisotopic (exact) mass is 220 g/mol. The maximum Gasteiger partial charge on any atom is 0.417 e. The van der Waals surface area contributed by atoms with E-state index in [0.29, 0.717) is 12.1 Å². The summed E-state index contributed by atoms with van der Waals surface area (Å²) in [5.41, 5.74) is 3.58. The first-order valence-corrected chi connectivity index (χ1v) is 3.82. The molecule has 0 fully saturated rings. The van der Waals surface area contributed by atoms with Gasteiger partial charge >= 0.3 is 6.18 Å². The van der Waals surface area contributed by atoms with Crippen LogP contribution in [0, 0.1) is 5.82 Å². The summed E-state index contributed by atoms with van der Waals surface area (Å²) in [6.45, 7) is 0. The van der Waals surface area contributed by atoms with Crippen molar-refractivity contribution in [2.45, 2.75) is 6.18 Å². The molecule has 80 valence electrons. The SMILES string of the molecule is Nc1onc2c(F)ccc(C(F)(F)F)c12. The van der Waals surface area contributed by atoms with Gasteiger partial charge in [-0.15, -0.1) is 0 Å². The lowest BCUT2D eigenvalue weighted by Crippen LogP contribution is -2.06. The number of fused-ring (bicyclic) bond motifs is 1. The van der Waals surface area contributed by atoms with Gasteiger partial charge in [-0.2, -0.15) is 13.2 Å². The van der Waals surface area contributed by atoms with E-state index in [2.05, 4.69) is 9.68 Å². The first-order valence-electron chi connectivity index (χ1n) is 3.82. The van der Waals surface area contributed by atoms with E-state index < -0.39 is 34.3 Å². The minimum absolute atomic E-state index is 0.512. The highest BCUT2D eigenvalue weighted by molar-refractivity contribution is 5.91. The fourth-order valence-electron chi connectivity index (χ4n) is 1.28. The molecule has 0 atom stereocenters. The average molecular weight is 220 g/mol. The van der Waals surface area contributed by atoms with Crippen molar-refractivity contribution in [3.8, 4) is 0 Å². The van der Waals surface area contributed by atoms with E-state index in [1.165, 1.54) is 0 Å². The minimum atomic E-state index is -4.62. The summed E-state index contributed by atoms with van der Waals surface area (Å²) in [5, 5.41) is 2.58. The van der Waals surface area contributed by atoms with Crippen LogP contribution in [0.3, 0.4) is 0 Å². The molecule has 1 aromatic carbocycles. The van der Waals surface area contributed by atoms with Gasteiger partial charge in [-0.1, -0.05) is 5.16 Å². The highest BCUT2D eigenvalue weighted by Gasteiger charge is 2.35. The summed E-state index contributed by atoms with van der Waals surface area (Å²) in [5.74, 6) is -1.45. The molecule has 2 N–H and O–H groups in total. The molecule has 0 unspecified atom stereocenters. The Kier molecular flexibility index (Phi) is 1.85. The summed E-state index contributed by atoms with van der Waals surface area (Å²) in [7, 11) is 0. The fraction of sp³-hybridized carbons (Fsp3) is 0.125. The van der Waals surface area contributed by atoms with Crippen LogP contribution in [-0.4, -0.2) is 5.16 Å². The molecule has 0 aliphatic carbocycles. The molecular formula is C8H4F4N2O. The first kappa shape index (κ1) is 9.75. The Hall–Kier alpha value is -1.79. The lowest BCUT2D eigenvalue weighted by Gasteiger charge is -2.07. The summed E-state index contributed by atoms with van der Waals surface area (Å²) < 4.78 is 54.7. The van der Waals surface area contributed by atoms with Gasteiger partial charge in [0.15, 0.2) is 11.3 Å². The molecule has 0 aliphatic rings. The molecule has 0 amide bonds. The first-order chi connectivity index (χ1) is 6.91. The van der Waals surface area contributed by atoms with Crippen LogP contribution in [0.5, 0.6) is 0 Å². The topological polar surface area (TPSA) is 52.0 Å². The highest BCUT2D eigenvalue weighted by atomic mass is 19.4. The van der Waals surface area contributed by atoms with Gasteiger partial charge in [-0.25, -0.2) is 4.39 Å². The molecule has 2 aromatic rings. The van der Waals surface area contributed by atoms with Gasteiger partial charge < -0.3 is 10.3 Å². The molecule has 7 heteroatoms. The predicted molar refractivity (Wildman–Crippen MR) is 43.4 cm³/mol. The zero-order valence-electron chi connectivity index (χ0n) is 7.10. The van der Waals surface area contributed by atoms with Crippen molar-refractivity contribution < 1.29 is 22.1 Å². The number of nitrogens with zero attached hydrogens (tertiary/aromatic N) is 1. The molecule has 1 aromatic heterocycles. The second-order valence-electron chi connectivity index (χ2n) is 2.86. The molecular weight excluding hydrogens is 216 g/mol. The molecule has 15 heavy (non-hydrogen) atoms. The van der Waals surface area contributed by atoms with Crippen molar-refractivity contribution in [1.82, 2.24) is 5.16 Å². The predicted octanol–water partition coefficient (Wildman–Crippen LogP) is 2.57. The van der Waals surface area contributed by atoms with Gasteiger partial charge in [0, 0.05) is 0 Å². The largest absolute Gasteiger partial charge is 0.417 e. The molecule has 0 radical (unpaired) electrons. The number of hydrogen-bond acceptors (Lipinski definition) is 3. The maximum absolute atomic E-state index is 13.0. The van der Waals surface area contributed by atoms with Gasteiger partial charge in [0.1, 0.15) is 0 Å². The smallest absolute Gasteiger partial charge is 0.367 e. The van der Waals surface area contributed by atoms with Crippen LogP contribution in [0.1, 0.15) is 5.56 Å². The highest BCUT2D eigenvalue weighted by Crippen LogP contribution is 2.37. The van der Waals surface area contributed by atoms with Crippen molar-refractivity contribution in [3.05, 3.63) is 23.5 Å². The average Bonchev–Trinajstić information content (AvgIpc) is 2.48. The zero-order valence-corrected chi connectivity index (χ0v) is 7.10. The van der Waals surface area contributed by atoms with E-state index >= 15 is 0 Å². The molecule has 0 spiro atoms. The summed E-state index contributed by atoms with van der Waals surface area (Å²) >= 11 is 0. The second-order valence-corrected chi connectivity index (χ2v) is 2.86. The van der Waals surface area contributed by atoms with Crippen molar-refractivity contribution >= 4 is 16.8 Å². The standard InChI is InChI=1S/C8H4F4N2O/c9-4-2-1-3(8(10,11)12)5-6(4)14-15-7(5)13/h1-2H,13H2. The van der Waals surface area contributed by atoms with Crippen LogP contribution in [0.15, 0.2) is 16.7 Å². The Morgan fingerprint density at radius 3 is 2.53 bits per heavy atom. The summed E-state index contributed by atoms with van der Waals surface area (Å²) in [4.78, 5) is 0. The van der Waals surface area contributed by atoms with E-state index in [9.17, 15) is 17.6 Å². The third kappa shape index (κ3) is 1.39. The van der Waals surface area contributed by atoms with Crippen molar-refractivity contribution in [2.24, 2.45) is 0 Å². The van der Waals surface area contributed by atoms with E-state index in [1.54, 1.807) is 0 Å². The second kappa shape index (κ2) is 2.85. The van der Waals surface area contributed by atoms with Gasteiger partial charge in [-0.3, -0.25) is 0 Å². The Morgan fingerprint density at radius 2 is 1.93 bits per heavy atom. The van der Waals surface area contributed by atoms with Gasteiger partial charge in [0.05, 0.1) is 10.9 Å². The lowest BCUT2D eigenvalue weighted by molar-refractivity contribution is -0.136. The van der Waals surface area contributed by atoms with E-state index in [1.807, 2.05) is 0 Å². The number of hydrogen-bond donors (Lipinski definition) is 1. The summed E-state index contributed by atoms with van der Waals surface area (Å²) in [6, 6.07) is 1.28. The fourth-order valence-corrected chi connectivity index (χ4v) is 1.28. The van der Waals surface area contributed by atoms with Gasteiger partial charge in [-0.05, 0) is 12.1 Å². The van der Waals surface area contributed by atoms with E-state index in [4.69, 9.17) is 5.73 Å². The van der Waals surface area contributed by atoms with E-state index in [0.717, 1.165) is 0 Å². The number of halogens is 4. The Bertz CT molecular complexity index is 517. The number of rotatable bonds is 0. The number of aromatic nitrogens is 1. The molecule has 0 aliphatic heterocycles. The van der Waals surface area contributed by atoms with Gasteiger partial charge in [0.2, 0.25) is 5.88 Å². The Morgan fingerprint density at radius 1 is 1.27 bits per heavy atom. The maximum atomic E-state index is 13.0. The quantitative estimate of drug-likeness (QED) is 0.694. The lowest BCUT2D eigenvalue weighted by atomic mass is 10.1. The zero-order chi connectivity index (χ0) is 11.2. The van der Waals surface area contributed by atoms with Crippen LogP contribution < -0.4 is 5.73 Å². The van der Waals surface area contributed by atoms with Crippen LogP contribution in [-0.2, 0) is 6.18 Å². The van der Waals surface area contributed by atoms with Crippen LogP contribution in [0.2, 0.25) is 0 Å². The number of alkyl halides is 3. The van der Waals surface area contributed by atoms with Crippen LogP contribution in [0.25, 0.3) is 10.9 Å². The van der Waals surface area contributed by atoms with E-state index in [-0.39, 0.29) is 0 Å². The Balaban J connectivity index is 2.87. The van der Waals surface area contributed by atoms with Crippen molar-refractivity contribution in [1.29, 1.82) is 0 Å². The molecule has 1 heterocycles. The Labute approximate surface area is 80.4 Å². The number of anilines is 1. The van der Waals surface area contributed by atoms with Crippen molar-refractivity contribution in [2.75, 3.05) is 5.73 Å². The third-order valence-corrected chi connectivity index (χ3v) is 1.92. The summed E-state index contributed by atoms with van der Waals surface area (Å²) in [6.07, 6.45) is -4.62.